The highest BCUT2D eigenvalue weighted by atomic mass is 32.1. The van der Waals surface area contributed by atoms with Crippen LogP contribution in [0.25, 0.3) is 0 Å². The Bertz CT molecular complexity index is 660. The molecule has 0 aliphatic heterocycles. The van der Waals surface area contributed by atoms with Gasteiger partial charge in [0.25, 0.3) is 0 Å². The summed E-state index contributed by atoms with van der Waals surface area (Å²) in [6.45, 7) is 0.378. The second-order valence-electron chi connectivity index (χ2n) is 4.22. The quantitative estimate of drug-likeness (QED) is 0.483. The first-order valence-corrected chi connectivity index (χ1v) is 6.94. The Morgan fingerprint density at radius 3 is 2.43 bits per heavy atom. The largest absolute Gasteiger partial charge is 0.479 e. The topological polar surface area (TPSA) is 80.7 Å². The number of thiophene rings is 1. The molecule has 0 saturated carbocycles. The summed E-state index contributed by atoms with van der Waals surface area (Å²) in [5.74, 6) is -3.22. The lowest BCUT2D eigenvalue weighted by molar-refractivity contribution is -0.148. The standard InChI is InChI=1S/C15H12O5S/c16-11(8-12(17)15(18)19)13-6-7-14(21-13)20-9-10-4-2-1-3-5-10/h1-7H,8-9H2,(H,18,19). The van der Waals surface area contributed by atoms with Gasteiger partial charge in [0.15, 0.2) is 10.8 Å². The molecule has 0 bridgehead atoms. The number of aliphatic carboxylic acids is 1. The summed E-state index contributed by atoms with van der Waals surface area (Å²) in [6, 6.07) is 12.7. The molecule has 0 fully saturated rings. The molecule has 0 unspecified atom stereocenters. The van der Waals surface area contributed by atoms with Crippen molar-refractivity contribution in [1.29, 1.82) is 0 Å². The van der Waals surface area contributed by atoms with E-state index in [0.717, 1.165) is 16.9 Å². The average molecular weight is 304 g/mol. The minimum atomic E-state index is -1.60. The predicted octanol–water partition coefficient (Wildman–Crippen LogP) is 2.55. The van der Waals surface area contributed by atoms with Crippen LogP contribution in [0.2, 0.25) is 0 Å². The van der Waals surface area contributed by atoms with Gasteiger partial charge < -0.3 is 9.84 Å². The van der Waals surface area contributed by atoms with Crippen molar-refractivity contribution in [2.75, 3.05) is 0 Å². The minimum Gasteiger partial charge on any atom is -0.479 e. The first-order chi connectivity index (χ1) is 10.1. The van der Waals surface area contributed by atoms with Gasteiger partial charge in [-0.1, -0.05) is 41.7 Å². The number of hydrogen-bond acceptors (Lipinski definition) is 5. The monoisotopic (exact) mass is 304 g/mol. The molecule has 0 radical (unpaired) electrons. The Morgan fingerprint density at radius 1 is 1.05 bits per heavy atom. The third-order valence-corrected chi connectivity index (χ3v) is 3.68. The molecule has 5 nitrogen and oxygen atoms in total. The number of Topliss-reactive ketones (excluding diaryl/α,β-unsaturated/α-hetero) is 2. The zero-order valence-electron chi connectivity index (χ0n) is 10.9. The first kappa shape index (κ1) is 14.9. The van der Waals surface area contributed by atoms with E-state index in [1.54, 1.807) is 6.07 Å². The number of ether oxygens (including phenoxy) is 1. The molecular formula is C15H12O5S. The molecule has 0 spiro atoms. The molecule has 1 aromatic carbocycles. The number of carboxylic acid groups (broad SMARTS) is 1. The van der Waals surface area contributed by atoms with Crippen LogP contribution in [-0.2, 0) is 16.2 Å². The van der Waals surface area contributed by atoms with Crippen molar-refractivity contribution in [3.05, 3.63) is 52.9 Å². The predicted molar refractivity (Wildman–Crippen MR) is 76.7 cm³/mol. The van der Waals surface area contributed by atoms with Gasteiger partial charge in [-0.2, -0.15) is 0 Å². The molecule has 1 aromatic heterocycles. The van der Waals surface area contributed by atoms with Crippen LogP contribution in [0.4, 0.5) is 0 Å². The highest BCUT2D eigenvalue weighted by Gasteiger charge is 2.19. The van der Waals surface area contributed by atoms with E-state index < -0.39 is 24.0 Å². The maximum atomic E-state index is 11.7. The van der Waals surface area contributed by atoms with Crippen molar-refractivity contribution in [3.8, 4) is 5.06 Å². The summed E-state index contributed by atoms with van der Waals surface area (Å²) < 4.78 is 5.54. The second kappa shape index (κ2) is 6.81. The van der Waals surface area contributed by atoms with Crippen LogP contribution in [0, 0.1) is 0 Å². The van der Waals surface area contributed by atoms with Gasteiger partial charge in [-0.15, -0.1) is 0 Å². The van der Waals surface area contributed by atoms with E-state index in [9.17, 15) is 14.4 Å². The van der Waals surface area contributed by atoms with Crippen LogP contribution in [0.3, 0.4) is 0 Å². The maximum Gasteiger partial charge on any atom is 0.372 e. The number of carboxylic acids is 1. The molecule has 21 heavy (non-hydrogen) atoms. The number of rotatable bonds is 7. The first-order valence-electron chi connectivity index (χ1n) is 6.12. The molecule has 0 atom stereocenters. The Morgan fingerprint density at radius 2 is 1.76 bits per heavy atom. The lowest BCUT2D eigenvalue weighted by Crippen LogP contribution is -2.16. The summed E-state index contributed by atoms with van der Waals surface area (Å²) in [5.41, 5.74) is 1.000. The number of hydrogen-bond donors (Lipinski definition) is 1. The molecule has 6 heteroatoms. The lowest BCUT2D eigenvalue weighted by Gasteiger charge is -2.02. The van der Waals surface area contributed by atoms with E-state index in [1.165, 1.54) is 6.07 Å². The summed E-state index contributed by atoms with van der Waals surface area (Å²) in [7, 11) is 0. The molecule has 0 saturated heterocycles. The van der Waals surface area contributed by atoms with Gasteiger partial charge in [0.1, 0.15) is 6.61 Å². The molecule has 0 aliphatic rings. The van der Waals surface area contributed by atoms with Crippen molar-refractivity contribution in [3.63, 3.8) is 0 Å². The fourth-order valence-corrected chi connectivity index (χ4v) is 2.38. The molecule has 1 heterocycles. The maximum absolute atomic E-state index is 11.7. The smallest absolute Gasteiger partial charge is 0.372 e. The third kappa shape index (κ3) is 4.25. The number of benzene rings is 1. The number of ketones is 2. The number of carbonyl (C=O) groups excluding carboxylic acids is 2. The van der Waals surface area contributed by atoms with Crippen LogP contribution >= 0.6 is 11.3 Å². The normalized spacial score (nSPS) is 10.1. The van der Waals surface area contributed by atoms with Crippen LogP contribution in [-0.4, -0.2) is 22.6 Å². The summed E-state index contributed by atoms with van der Waals surface area (Å²) in [4.78, 5) is 33.4. The highest BCUT2D eigenvalue weighted by molar-refractivity contribution is 7.15. The summed E-state index contributed by atoms with van der Waals surface area (Å²) >= 11 is 1.10. The van der Waals surface area contributed by atoms with Gasteiger partial charge in [-0.05, 0) is 17.7 Å². The lowest BCUT2D eigenvalue weighted by atomic mass is 10.2. The van der Waals surface area contributed by atoms with Crippen molar-refractivity contribution in [1.82, 2.24) is 0 Å². The molecule has 1 N–H and O–H groups in total. The van der Waals surface area contributed by atoms with Crippen LogP contribution in [0.1, 0.15) is 21.7 Å². The van der Waals surface area contributed by atoms with E-state index in [2.05, 4.69) is 0 Å². The fraction of sp³-hybridized carbons (Fsp3) is 0.133. The van der Waals surface area contributed by atoms with Crippen LogP contribution < -0.4 is 4.74 Å². The molecular weight excluding hydrogens is 292 g/mol. The molecule has 0 aliphatic carbocycles. The van der Waals surface area contributed by atoms with Gasteiger partial charge in [-0.3, -0.25) is 9.59 Å². The third-order valence-electron chi connectivity index (χ3n) is 2.64. The van der Waals surface area contributed by atoms with Crippen LogP contribution in [0.15, 0.2) is 42.5 Å². The van der Waals surface area contributed by atoms with E-state index in [0.29, 0.717) is 16.5 Å². The van der Waals surface area contributed by atoms with Crippen molar-refractivity contribution in [2.24, 2.45) is 0 Å². The van der Waals surface area contributed by atoms with Crippen LogP contribution in [0.5, 0.6) is 5.06 Å². The van der Waals surface area contributed by atoms with Gasteiger partial charge >= 0.3 is 5.97 Å². The van der Waals surface area contributed by atoms with Gasteiger partial charge in [0.05, 0.1) is 11.3 Å². The summed E-state index contributed by atoms with van der Waals surface area (Å²) in [5, 5.41) is 9.02. The Balaban J connectivity index is 1.93. The molecule has 2 aromatic rings. The van der Waals surface area contributed by atoms with Gasteiger partial charge in [0.2, 0.25) is 5.78 Å². The minimum absolute atomic E-state index is 0.313. The van der Waals surface area contributed by atoms with E-state index in [-0.39, 0.29) is 0 Å². The van der Waals surface area contributed by atoms with Crippen molar-refractivity contribution in [2.45, 2.75) is 13.0 Å². The zero-order chi connectivity index (χ0) is 15.2. The van der Waals surface area contributed by atoms with E-state index in [4.69, 9.17) is 9.84 Å². The van der Waals surface area contributed by atoms with Gasteiger partial charge in [-0.25, -0.2) is 4.79 Å². The SMILES string of the molecule is O=C(O)C(=O)CC(=O)c1ccc(OCc2ccccc2)s1. The highest BCUT2D eigenvalue weighted by Crippen LogP contribution is 2.26. The average Bonchev–Trinajstić information content (AvgIpc) is 2.95. The Kier molecular flexibility index (Phi) is 4.84. The fourth-order valence-electron chi connectivity index (χ4n) is 1.58. The Labute approximate surface area is 124 Å². The second-order valence-corrected chi connectivity index (χ2v) is 5.27. The van der Waals surface area contributed by atoms with E-state index >= 15 is 0 Å². The Hall–Kier alpha value is -2.47. The number of carbonyl (C=O) groups is 3. The van der Waals surface area contributed by atoms with Crippen molar-refractivity contribution < 1.29 is 24.2 Å². The molecule has 0 amide bonds. The molecule has 2 rings (SSSR count). The summed E-state index contributed by atoms with van der Waals surface area (Å²) in [6.07, 6.45) is -0.631. The zero-order valence-corrected chi connectivity index (χ0v) is 11.8. The molecule has 108 valence electrons. The van der Waals surface area contributed by atoms with E-state index in [1.807, 2.05) is 30.3 Å². The van der Waals surface area contributed by atoms with Crippen molar-refractivity contribution >= 4 is 28.9 Å². The van der Waals surface area contributed by atoms with Gasteiger partial charge in [0, 0.05) is 0 Å².